The van der Waals surface area contributed by atoms with Gasteiger partial charge in [0.15, 0.2) is 4.96 Å². The van der Waals surface area contributed by atoms with E-state index in [2.05, 4.69) is 15.0 Å². The lowest BCUT2D eigenvalue weighted by atomic mass is 9.93. The van der Waals surface area contributed by atoms with E-state index in [0.717, 1.165) is 23.5 Å². The normalized spacial score (nSPS) is 16.0. The van der Waals surface area contributed by atoms with Crippen molar-refractivity contribution in [3.05, 3.63) is 51.4 Å². The van der Waals surface area contributed by atoms with Crippen molar-refractivity contribution < 1.29 is 4.79 Å². The number of aromatic nitrogens is 4. The van der Waals surface area contributed by atoms with E-state index < -0.39 is 0 Å². The van der Waals surface area contributed by atoms with Crippen molar-refractivity contribution in [1.29, 1.82) is 0 Å². The fraction of sp³-hybridized carbons (Fsp3) is 0.375. The van der Waals surface area contributed by atoms with E-state index in [0.29, 0.717) is 24.6 Å². The number of imidazole rings is 1. The minimum Gasteiger partial charge on any atom is -0.337 e. The smallest absolute Gasteiger partial charge is 0.274 e. The summed E-state index contributed by atoms with van der Waals surface area (Å²) in [6, 6.07) is 1.57. The van der Waals surface area contributed by atoms with Crippen molar-refractivity contribution >= 4 is 22.2 Å². The van der Waals surface area contributed by atoms with E-state index in [1.807, 2.05) is 20.9 Å². The molecule has 4 rings (SSSR count). The second-order valence-electron chi connectivity index (χ2n) is 6.04. The van der Waals surface area contributed by atoms with Crippen molar-refractivity contribution in [3.63, 3.8) is 0 Å². The predicted octanol–water partition coefficient (Wildman–Crippen LogP) is 1.81. The number of hydrogen-bond acceptors (Lipinski definition) is 5. The van der Waals surface area contributed by atoms with Crippen LogP contribution in [0.4, 0.5) is 0 Å². The fourth-order valence-corrected chi connectivity index (χ4v) is 3.88. The Hall–Kier alpha value is -2.48. The standard InChI is InChI=1S/C16H17N5O2S/c1-10-17-12(8-14(22)18-10)11-2-4-20(5-3-11)15(23)13-9-21-6-7-24-16(21)19-13/h6-9,11H,2-5H2,1H3,(H,17,18,22). The molecule has 7 nitrogen and oxygen atoms in total. The monoisotopic (exact) mass is 343 g/mol. The van der Waals surface area contributed by atoms with Crippen molar-refractivity contribution in [1.82, 2.24) is 24.3 Å². The summed E-state index contributed by atoms with van der Waals surface area (Å²) < 4.78 is 1.87. The molecule has 24 heavy (non-hydrogen) atoms. The van der Waals surface area contributed by atoms with Crippen LogP contribution >= 0.6 is 11.3 Å². The number of carbonyl (C=O) groups is 1. The number of fused-ring (bicyclic) bond motifs is 1. The number of H-pyrrole nitrogens is 1. The summed E-state index contributed by atoms with van der Waals surface area (Å²) in [5.74, 6) is 0.828. The molecule has 4 heterocycles. The Kier molecular flexibility index (Phi) is 3.68. The number of rotatable bonds is 2. The van der Waals surface area contributed by atoms with E-state index in [-0.39, 0.29) is 17.4 Å². The molecule has 1 aliphatic rings. The SMILES string of the molecule is Cc1nc(C2CCN(C(=O)c3cn4ccsc4n3)CC2)cc(=O)[nH]1. The third-order valence-electron chi connectivity index (χ3n) is 4.39. The number of hydrogen-bond donors (Lipinski definition) is 1. The molecule has 0 bridgehead atoms. The fourth-order valence-electron chi connectivity index (χ4n) is 3.18. The van der Waals surface area contributed by atoms with Crippen molar-refractivity contribution in [3.8, 4) is 0 Å². The lowest BCUT2D eigenvalue weighted by Crippen LogP contribution is -2.38. The maximum atomic E-state index is 12.6. The number of aromatic amines is 1. The molecule has 0 aliphatic carbocycles. The molecule has 1 saturated heterocycles. The van der Waals surface area contributed by atoms with Gasteiger partial charge in [-0.2, -0.15) is 0 Å². The van der Waals surface area contributed by atoms with Gasteiger partial charge in [0.2, 0.25) is 0 Å². The first-order valence-electron chi connectivity index (χ1n) is 7.89. The van der Waals surface area contributed by atoms with Gasteiger partial charge in [-0.1, -0.05) is 0 Å². The van der Waals surface area contributed by atoms with Crippen molar-refractivity contribution in [2.75, 3.05) is 13.1 Å². The third kappa shape index (κ3) is 2.73. The first-order valence-corrected chi connectivity index (χ1v) is 8.77. The number of nitrogens with zero attached hydrogens (tertiary/aromatic N) is 4. The lowest BCUT2D eigenvalue weighted by Gasteiger charge is -2.31. The molecule has 0 atom stereocenters. The van der Waals surface area contributed by atoms with Gasteiger partial charge in [0.25, 0.3) is 11.5 Å². The topological polar surface area (TPSA) is 83.4 Å². The second kappa shape index (κ2) is 5.86. The van der Waals surface area contributed by atoms with Crippen LogP contribution in [0.5, 0.6) is 0 Å². The Balaban J connectivity index is 1.46. The number of nitrogens with one attached hydrogen (secondary N) is 1. The molecule has 1 amide bonds. The Bertz CT molecular complexity index is 920. The Labute approximate surface area is 142 Å². The highest BCUT2D eigenvalue weighted by molar-refractivity contribution is 7.15. The molecule has 8 heteroatoms. The zero-order chi connectivity index (χ0) is 16.7. The number of aryl methyl sites for hydroxylation is 1. The van der Waals surface area contributed by atoms with Gasteiger partial charge in [-0.05, 0) is 19.8 Å². The van der Waals surface area contributed by atoms with Gasteiger partial charge < -0.3 is 9.88 Å². The summed E-state index contributed by atoms with van der Waals surface area (Å²) >= 11 is 1.51. The molecule has 1 aliphatic heterocycles. The molecule has 0 saturated carbocycles. The minimum absolute atomic E-state index is 0.0283. The summed E-state index contributed by atoms with van der Waals surface area (Å²) in [7, 11) is 0. The van der Waals surface area contributed by atoms with Gasteiger partial charge in [-0.15, -0.1) is 11.3 Å². The Morgan fingerprint density at radius 1 is 1.33 bits per heavy atom. The van der Waals surface area contributed by atoms with Crippen LogP contribution in [0.1, 0.15) is 40.8 Å². The van der Waals surface area contributed by atoms with Crippen LogP contribution in [0.25, 0.3) is 4.96 Å². The molecule has 0 aromatic carbocycles. The van der Waals surface area contributed by atoms with Gasteiger partial charge in [-0.3, -0.25) is 14.0 Å². The quantitative estimate of drug-likeness (QED) is 0.769. The molecule has 124 valence electrons. The summed E-state index contributed by atoms with van der Waals surface area (Å²) in [6.07, 6.45) is 5.30. The molecule has 1 N–H and O–H groups in total. The number of carbonyl (C=O) groups excluding carboxylic acids is 1. The van der Waals surface area contributed by atoms with Crippen LogP contribution in [-0.2, 0) is 0 Å². The third-order valence-corrected chi connectivity index (χ3v) is 5.16. The Morgan fingerprint density at radius 2 is 2.12 bits per heavy atom. The summed E-state index contributed by atoms with van der Waals surface area (Å²) in [5, 5.41) is 1.94. The predicted molar refractivity (Wildman–Crippen MR) is 90.5 cm³/mol. The summed E-state index contributed by atoms with van der Waals surface area (Å²) in [5.41, 5.74) is 1.20. The average Bonchev–Trinajstić information content (AvgIpc) is 3.15. The molecule has 0 spiro atoms. The second-order valence-corrected chi connectivity index (χ2v) is 6.91. The van der Waals surface area contributed by atoms with Crippen LogP contribution in [0.2, 0.25) is 0 Å². The minimum atomic E-state index is -0.117. The Morgan fingerprint density at radius 3 is 2.83 bits per heavy atom. The van der Waals surface area contributed by atoms with Crippen LogP contribution in [0.15, 0.2) is 28.6 Å². The zero-order valence-corrected chi connectivity index (χ0v) is 14.0. The van der Waals surface area contributed by atoms with Gasteiger partial charge in [0.1, 0.15) is 11.5 Å². The number of piperidine rings is 1. The zero-order valence-electron chi connectivity index (χ0n) is 13.2. The van der Waals surface area contributed by atoms with E-state index in [9.17, 15) is 9.59 Å². The molecular weight excluding hydrogens is 326 g/mol. The number of thiazole rings is 1. The molecule has 1 fully saturated rings. The van der Waals surface area contributed by atoms with Crippen molar-refractivity contribution in [2.45, 2.75) is 25.7 Å². The first-order chi connectivity index (χ1) is 11.6. The van der Waals surface area contributed by atoms with Gasteiger partial charge in [0.05, 0.1) is 5.69 Å². The number of likely N-dealkylation sites (tertiary alicyclic amines) is 1. The molecular formula is C16H17N5O2S. The maximum absolute atomic E-state index is 12.6. The van der Waals surface area contributed by atoms with E-state index >= 15 is 0 Å². The largest absolute Gasteiger partial charge is 0.337 e. The van der Waals surface area contributed by atoms with Crippen LogP contribution in [0.3, 0.4) is 0 Å². The van der Waals surface area contributed by atoms with Gasteiger partial charge in [0, 0.05) is 42.8 Å². The lowest BCUT2D eigenvalue weighted by molar-refractivity contribution is 0.0706. The summed E-state index contributed by atoms with van der Waals surface area (Å²) in [4.78, 5) is 38.4. The van der Waals surface area contributed by atoms with Crippen LogP contribution in [0, 0.1) is 6.92 Å². The average molecular weight is 343 g/mol. The van der Waals surface area contributed by atoms with Crippen LogP contribution < -0.4 is 5.56 Å². The van der Waals surface area contributed by atoms with E-state index in [1.165, 1.54) is 11.3 Å². The number of amides is 1. The summed E-state index contributed by atoms with van der Waals surface area (Å²) in [6.45, 7) is 3.10. The molecule has 3 aromatic heterocycles. The van der Waals surface area contributed by atoms with Gasteiger partial charge >= 0.3 is 0 Å². The maximum Gasteiger partial charge on any atom is 0.274 e. The highest BCUT2D eigenvalue weighted by atomic mass is 32.1. The van der Waals surface area contributed by atoms with Crippen LogP contribution in [-0.4, -0.2) is 43.2 Å². The van der Waals surface area contributed by atoms with E-state index in [4.69, 9.17) is 0 Å². The van der Waals surface area contributed by atoms with Crippen molar-refractivity contribution in [2.24, 2.45) is 0 Å². The highest BCUT2D eigenvalue weighted by Crippen LogP contribution is 2.27. The van der Waals surface area contributed by atoms with Gasteiger partial charge in [-0.25, -0.2) is 9.97 Å². The molecule has 0 unspecified atom stereocenters. The highest BCUT2D eigenvalue weighted by Gasteiger charge is 2.27. The molecule has 3 aromatic rings. The van der Waals surface area contributed by atoms with E-state index in [1.54, 1.807) is 19.2 Å². The molecule has 0 radical (unpaired) electrons. The first kappa shape index (κ1) is 15.1.